The van der Waals surface area contributed by atoms with E-state index in [1.807, 2.05) is 0 Å². The molecule has 0 saturated carbocycles. The van der Waals surface area contributed by atoms with Gasteiger partial charge in [-0.2, -0.15) is 0 Å². The summed E-state index contributed by atoms with van der Waals surface area (Å²) < 4.78 is 0. The van der Waals surface area contributed by atoms with Crippen molar-refractivity contribution >= 4 is 15.9 Å². The van der Waals surface area contributed by atoms with Crippen molar-refractivity contribution in [3.63, 3.8) is 0 Å². The zero-order valence-corrected chi connectivity index (χ0v) is 10.1. The highest BCUT2D eigenvalue weighted by molar-refractivity contribution is 9.09. The third-order valence-electron chi connectivity index (χ3n) is 2.81. The summed E-state index contributed by atoms with van der Waals surface area (Å²) in [5, 5.41) is 0.941. The summed E-state index contributed by atoms with van der Waals surface area (Å²) in [6, 6.07) is 0.748. The molecule has 0 aromatic heterocycles. The first-order chi connectivity index (χ1) is 6.24. The number of hydrogen-bond acceptors (Lipinski definition) is 1. The average Bonchev–Trinajstić information content (AvgIpc) is 2.32. The molecule has 0 amide bonds. The zero-order chi connectivity index (χ0) is 9.68. The van der Waals surface area contributed by atoms with Crippen molar-refractivity contribution in [1.29, 1.82) is 0 Å². The van der Waals surface area contributed by atoms with Gasteiger partial charge < -0.3 is 0 Å². The van der Waals surface area contributed by atoms with Crippen LogP contribution in [0.25, 0.3) is 0 Å². The lowest BCUT2D eigenvalue weighted by atomic mass is 10.1. The summed E-state index contributed by atoms with van der Waals surface area (Å²) in [6.07, 6.45) is 5.52. The van der Waals surface area contributed by atoms with Crippen LogP contribution >= 0.6 is 15.9 Å². The number of alkyl halides is 1. The second-order valence-electron chi connectivity index (χ2n) is 4.05. The van der Waals surface area contributed by atoms with E-state index in [0.29, 0.717) is 0 Å². The number of rotatable bonds is 3. The molecule has 1 nitrogen and oxygen atoms in total. The van der Waals surface area contributed by atoms with Crippen LogP contribution in [0.4, 0.5) is 0 Å². The van der Waals surface area contributed by atoms with E-state index in [1.165, 1.54) is 37.8 Å². The van der Waals surface area contributed by atoms with Gasteiger partial charge in [-0.15, -0.1) is 0 Å². The Bertz CT molecular complexity index is 167. The maximum Gasteiger partial charge on any atom is 0.0251 e. The molecule has 0 N–H and O–H groups in total. The van der Waals surface area contributed by atoms with E-state index in [0.717, 1.165) is 17.9 Å². The van der Waals surface area contributed by atoms with E-state index in [2.05, 4.69) is 34.3 Å². The van der Waals surface area contributed by atoms with Gasteiger partial charge >= 0.3 is 0 Å². The maximum atomic E-state index is 4.04. The fourth-order valence-corrected chi connectivity index (χ4v) is 2.08. The highest BCUT2D eigenvalue weighted by atomic mass is 79.9. The summed E-state index contributed by atoms with van der Waals surface area (Å²) in [6.45, 7) is 8.72. The van der Waals surface area contributed by atoms with Crippen molar-refractivity contribution in [2.45, 2.75) is 38.6 Å². The van der Waals surface area contributed by atoms with E-state index in [9.17, 15) is 0 Å². The van der Waals surface area contributed by atoms with Gasteiger partial charge in [-0.05, 0) is 26.3 Å². The third kappa shape index (κ3) is 3.82. The minimum atomic E-state index is 0.748. The number of nitrogens with zero attached hydrogens (tertiary/aromatic N) is 1. The van der Waals surface area contributed by atoms with Gasteiger partial charge in [0.15, 0.2) is 0 Å². The lowest BCUT2D eigenvalue weighted by Crippen LogP contribution is -2.34. The molecule has 0 spiro atoms. The van der Waals surface area contributed by atoms with Gasteiger partial charge in [-0.1, -0.05) is 40.9 Å². The molecule has 0 aromatic carbocycles. The lowest BCUT2D eigenvalue weighted by Gasteiger charge is -2.27. The first kappa shape index (κ1) is 11.3. The van der Waals surface area contributed by atoms with Crippen LogP contribution in [0.15, 0.2) is 12.2 Å². The van der Waals surface area contributed by atoms with Gasteiger partial charge in [0.05, 0.1) is 0 Å². The first-order valence-electron chi connectivity index (χ1n) is 5.20. The second kappa shape index (κ2) is 5.82. The Hall–Kier alpha value is 0.180. The summed E-state index contributed by atoms with van der Waals surface area (Å²) in [7, 11) is 0. The lowest BCUT2D eigenvalue weighted by molar-refractivity contribution is 0.232. The first-order valence-corrected chi connectivity index (χ1v) is 6.33. The zero-order valence-electron chi connectivity index (χ0n) is 8.56. The molecule has 0 aliphatic carbocycles. The minimum absolute atomic E-state index is 0.748. The molecule has 1 atom stereocenters. The molecule has 2 heteroatoms. The molecule has 1 fully saturated rings. The largest absolute Gasteiger partial charge is 0.297 e. The van der Waals surface area contributed by atoms with Gasteiger partial charge in [0.25, 0.3) is 0 Å². The molecular weight excluding hydrogens is 226 g/mol. The van der Waals surface area contributed by atoms with Gasteiger partial charge in [-0.3, -0.25) is 4.90 Å². The normalized spacial score (nSPS) is 25.5. The molecule has 1 heterocycles. The Morgan fingerprint density at radius 3 is 2.92 bits per heavy atom. The SMILES string of the molecule is C=C(CBr)CN1CCCCCC1C. The Morgan fingerprint density at radius 2 is 2.23 bits per heavy atom. The highest BCUT2D eigenvalue weighted by Gasteiger charge is 2.16. The van der Waals surface area contributed by atoms with E-state index in [-0.39, 0.29) is 0 Å². The summed E-state index contributed by atoms with van der Waals surface area (Å²) in [4.78, 5) is 2.57. The van der Waals surface area contributed by atoms with Gasteiger partial charge in [0.1, 0.15) is 0 Å². The van der Waals surface area contributed by atoms with E-state index in [1.54, 1.807) is 0 Å². The van der Waals surface area contributed by atoms with Crippen molar-refractivity contribution in [1.82, 2.24) is 4.90 Å². The smallest absolute Gasteiger partial charge is 0.0251 e. The predicted molar refractivity (Wildman–Crippen MR) is 62.4 cm³/mol. The van der Waals surface area contributed by atoms with Crippen LogP contribution in [0.5, 0.6) is 0 Å². The monoisotopic (exact) mass is 245 g/mol. The van der Waals surface area contributed by atoms with E-state index < -0.39 is 0 Å². The van der Waals surface area contributed by atoms with Crippen LogP contribution in [0, 0.1) is 0 Å². The fraction of sp³-hybridized carbons (Fsp3) is 0.818. The summed E-state index contributed by atoms with van der Waals surface area (Å²) in [5.41, 5.74) is 1.30. The Morgan fingerprint density at radius 1 is 1.46 bits per heavy atom. The average molecular weight is 246 g/mol. The summed E-state index contributed by atoms with van der Waals surface area (Å²) in [5.74, 6) is 0. The molecule has 1 aliphatic rings. The van der Waals surface area contributed by atoms with Crippen molar-refractivity contribution in [2.75, 3.05) is 18.4 Å². The van der Waals surface area contributed by atoms with Crippen LogP contribution < -0.4 is 0 Å². The van der Waals surface area contributed by atoms with Crippen molar-refractivity contribution in [2.24, 2.45) is 0 Å². The molecule has 1 saturated heterocycles. The maximum absolute atomic E-state index is 4.04. The van der Waals surface area contributed by atoms with Gasteiger partial charge in [0, 0.05) is 17.9 Å². The number of hydrogen-bond donors (Lipinski definition) is 0. The highest BCUT2D eigenvalue weighted by Crippen LogP contribution is 2.17. The third-order valence-corrected chi connectivity index (χ3v) is 3.60. The molecule has 0 radical (unpaired) electrons. The van der Waals surface area contributed by atoms with Gasteiger partial charge in [-0.25, -0.2) is 0 Å². The predicted octanol–water partition coefficient (Wildman–Crippen LogP) is 3.20. The van der Waals surface area contributed by atoms with E-state index >= 15 is 0 Å². The number of likely N-dealkylation sites (tertiary alicyclic amines) is 1. The molecular formula is C11H20BrN. The Balaban J connectivity index is 2.40. The van der Waals surface area contributed by atoms with E-state index in [4.69, 9.17) is 0 Å². The van der Waals surface area contributed by atoms with Crippen LogP contribution in [-0.2, 0) is 0 Å². The molecule has 76 valence electrons. The molecule has 0 aromatic rings. The van der Waals surface area contributed by atoms with Crippen molar-refractivity contribution in [3.05, 3.63) is 12.2 Å². The molecule has 0 bridgehead atoms. The van der Waals surface area contributed by atoms with Crippen LogP contribution in [-0.4, -0.2) is 29.4 Å². The summed E-state index contributed by atoms with van der Waals surface area (Å²) >= 11 is 3.45. The van der Waals surface area contributed by atoms with Crippen LogP contribution in [0.1, 0.15) is 32.6 Å². The molecule has 1 rings (SSSR count). The topological polar surface area (TPSA) is 3.24 Å². The Labute approximate surface area is 90.3 Å². The number of halogens is 1. The van der Waals surface area contributed by atoms with Crippen molar-refractivity contribution in [3.8, 4) is 0 Å². The fourth-order valence-electron chi connectivity index (χ4n) is 1.90. The van der Waals surface area contributed by atoms with Crippen LogP contribution in [0.3, 0.4) is 0 Å². The van der Waals surface area contributed by atoms with Crippen molar-refractivity contribution < 1.29 is 0 Å². The molecule has 1 unspecified atom stereocenters. The second-order valence-corrected chi connectivity index (χ2v) is 4.61. The Kier molecular flexibility index (Phi) is 5.04. The van der Waals surface area contributed by atoms with Gasteiger partial charge in [0.2, 0.25) is 0 Å². The molecule has 13 heavy (non-hydrogen) atoms. The minimum Gasteiger partial charge on any atom is -0.297 e. The van der Waals surface area contributed by atoms with Crippen LogP contribution in [0.2, 0.25) is 0 Å². The standard InChI is InChI=1S/C11H20BrN/c1-10(8-12)9-13-7-5-3-4-6-11(13)2/h11H,1,3-9H2,2H3. The quantitative estimate of drug-likeness (QED) is 0.546. The molecule has 1 aliphatic heterocycles.